The first-order valence-electron chi connectivity index (χ1n) is 9.16. The number of hydrogen-bond donors (Lipinski definition) is 1. The van der Waals surface area contributed by atoms with Gasteiger partial charge in [-0.25, -0.2) is 9.97 Å². The van der Waals surface area contributed by atoms with Crippen molar-refractivity contribution in [1.29, 1.82) is 0 Å². The van der Waals surface area contributed by atoms with E-state index in [2.05, 4.69) is 38.0 Å². The van der Waals surface area contributed by atoms with Crippen LogP contribution in [0.15, 0.2) is 24.5 Å². The summed E-state index contributed by atoms with van der Waals surface area (Å²) in [6.07, 6.45) is 4.72. The summed E-state index contributed by atoms with van der Waals surface area (Å²) in [6.45, 7) is 4.83. The SMILES string of the molecule is CN(C)c1ncnc2ccc(N3CCN(CC4(O)CCC4)CC3)cc12. The Balaban J connectivity index is 1.48. The number of hydrogen-bond acceptors (Lipinski definition) is 6. The summed E-state index contributed by atoms with van der Waals surface area (Å²) in [5, 5.41) is 11.5. The van der Waals surface area contributed by atoms with Crippen LogP contribution < -0.4 is 9.80 Å². The fraction of sp³-hybridized carbons (Fsp3) is 0.579. The Morgan fingerprint density at radius 1 is 1.12 bits per heavy atom. The molecule has 6 heteroatoms. The third-order valence-electron chi connectivity index (χ3n) is 5.56. The van der Waals surface area contributed by atoms with Gasteiger partial charge in [0.1, 0.15) is 12.1 Å². The van der Waals surface area contributed by atoms with Crippen LogP contribution in [0.3, 0.4) is 0 Å². The molecule has 0 bridgehead atoms. The smallest absolute Gasteiger partial charge is 0.139 e. The standard InChI is InChI=1S/C19H27N5O/c1-22(2)18-16-12-15(4-5-17(16)20-14-21-18)24-10-8-23(9-11-24)13-19(25)6-3-7-19/h4-5,12,14,25H,3,6-11,13H2,1-2H3. The Labute approximate surface area is 149 Å². The molecule has 25 heavy (non-hydrogen) atoms. The van der Waals surface area contributed by atoms with Crippen molar-refractivity contribution in [2.24, 2.45) is 0 Å². The molecule has 1 N–H and O–H groups in total. The molecule has 0 unspecified atom stereocenters. The molecule has 1 aromatic carbocycles. The Bertz CT molecular complexity index is 751. The minimum absolute atomic E-state index is 0.414. The van der Waals surface area contributed by atoms with Crippen LogP contribution in [0, 0.1) is 0 Å². The lowest BCUT2D eigenvalue weighted by Crippen LogP contribution is -2.54. The lowest BCUT2D eigenvalue weighted by Gasteiger charge is -2.44. The molecule has 0 spiro atoms. The third-order valence-corrected chi connectivity index (χ3v) is 5.56. The van der Waals surface area contributed by atoms with Crippen LogP contribution in [-0.2, 0) is 0 Å². The molecule has 1 saturated heterocycles. The molecule has 2 fully saturated rings. The summed E-state index contributed by atoms with van der Waals surface area (Å²) >= 11 is 0. The van der Waals surface area contributed by atoms with Gasteiger partial charge in [-0.2, -0.15) is 0 Å². The van der Waals surface area contributed by atoms with E-state index in [1.54, 1.807) is 6.33 Å². The lowest BCUT2D eigenvalue weighted by atomic mass is 9.80. The molecule has 2 aromatic rings. The van der Waals surface area contributed by atoms with Gasteiger partial charge in [0.15, 0.2) is 0 Å². The van der Waals surface area contributed by atoms with Gasteiger partial charge in [-0.15, -0.1) is 0 Å². The summed E-state index contributed by atoms with van der Waals surface area (Å²) in [7, 11) is 4.02. The van der Waals surface area contributed by atoms with Gasteiger partial charge >= 0.3 is 0 Å². The van der Waals surface area contributed by atoms with E-state index in [0.29, 0.717) is 0 Å². The number of aliphatic hydroxyl groups is 1. The van der Waals surface area contributed by atoms with Gasteiger partial charge in [0.25, 0.3) is 0 Å². The normalized spacial score (nSPS) is 20.5. The highest BCUT2D eigenvalue weighted by molar-refractivity contribution is 5.91. The number of rotatable bonds is 4. The van der Waals surface area contributed by atoms with Crippen LogP contribution in [0.4, 0.5) is 11.5 Å². The molecule has 1 saturated carbocycles. The second-order valence-corrected chi connectivity index (χ2v) is 7.63. The Morgan fingerprint density at radius 2 is 1.88 bits per heavy atom. The van der Waals surface area contributed by atoms with E-state index < -0.39 is 5.60 Å². The van der Waals surface area contributed by atoms with Gasteiger partial charge in [-0.3, -0.25) is 4.90 Å². The first-order valence-corrected chi connectivity index (χ1v) is 9.16. The van der Waals surface area contributed by atoms with Crippen LogP contribution in [0.1, 0.15) is 19.3 Å². The van der Waals surface area contributed by atoms with Crippen LogP contribution >= 0.6 is 0 Å². The quantitative estimate of drug-likeness (QED) is 0.914. The van der Waals surface area contributed by atoms with Gasteiger partial charge in [-0.1, -0.05) is 0 Å². The van der Waals surface area contributed by atoms with Crippen molar-refractivity contribution in [1.82, 2.24) is 14.9 Å². The summed E-state index contributed by atoms with van der Waals surface area (Å²) in [6, 6.07) is 6.45. The minimum atomic E-state index is -0.414. The monoisotopic (exact) mass is 341 g/mol. The zero-order valence-electron chi connectivity index (χ0n) is 15.1. The molecule has 4 rings (SSSR count). The van der Waals surface area contributed by atoms with Gasteiger partial charge in [0.05, 0.1) is 11.1 Å². The van der Waals surface area contributed by atoms with E-state index >= 15 is 0 Å². The zero-order valence-corrected chi connectivity index (χ0v) is 15.1. The zero-order chi connectivity index (χ0) is 17.4. The highest BCUT2D eigenvalue weighted by atomic mass is 16.3. The third kappa shape index (κ3) is 3.28. The topological polar surface area (TPSA) is 55.7 Å². The molecular formula is C19H27N5O. The van der Waals surface area contributed by atoms with Gasteiger partial charge < -0.3 is 14.9 Å². The number of anilines is 2. The van der Waals surface area contributed by atoms with Crippen LogP contribution in [0.2, 0.25) is 0 Å². The molecule has 0 atom stereocenters. The van der Waals surface area contributed by atoms with Crippen molar-refractivity contribution in [2.45, 2.75) is 24.9 Å². The Hall–Kier alpha value is -1.92. The number of nitrogens with zero attached hydrogens (tertiary/aromatic N) is 5. The van der Waals surface area contributed by atoms with Crippen molar-refractivity contribution in [3.63, 3.8) is 0 Å². The predicted octanol–water partition coefficient (Wildman–Crippen LogP) is 1.73. The second-order valence-electron chi connectivity index (χ2n) is 7.63. The highest BCUT2D eigenvalue weighted by Gasteiger charge is 2.36. The Kier molecular flexibility index (Phi) is 4.25. The number of benzene rings is 1. The van der Waals surface area contributed by atoms with E-state index in [4.69, 9.17) is 0 Å². The van der Waals surface area contributed by atoms with E-state index in [0.717, 1.165) is 62.3 Å². The molecule has 0 amide bonds. The maximum atomic E-state index is 10.4. The second kappa shape index (κ2) is 6.42. The molecule has 2 heterocycles. The minimum Gasteiger partial charge on any atom is -0.389 e. The van der Waals surface area contributed by atoms with Crippen molar-refractivity contribution < 1.29 is 5.11 Å². The average molecular weight is 341 g/mol. The molecule has 1 aromatic heterocycles. The van der Waals surface area contributed by atoms with Crippen molar-refractivity contribution in [2.75, 3.05) is 56.6 Å². The van der Waals surface area contributed by atoms with E-state index in [9.17, 15) is 5.11 Å². The van der Waals surface area contributed by atoms with Crippen molar-refractivity contribution >= 4 is 22.4 Å². The van der Waals surface area contributed by atoms with Crippen molar-refractivity contribution in [3.8, 4) is 0 Å². The summed E-state index contributed by atoms with van der Waals surface area (Å²) < 4.78 is 0. The summed E-state index contributed by atoms with van der Waals surface area (Å²) in [5.41, 5.74) is 1.80. The van der Waals surface area contributed by atoms with E-state index in [1.165, 1.54) is 12.1 Å². The maximum Gasteiger partial charge on any atom is 0.139 e. The fourth-order valence-electron chi connectivity index (χ4n) is 3.91. The Morgan fingerprint density at radius 3 is 2.52 bits per heavy atom. The number of piperazine rings is 1. The van der Waals surface area contributed by atoms with E-state index in [-0.39, 0.29) is 0 Å². The van der Waals surface area contributed by atoms with Crippen molar-refractivity contribution in [3.05, 3.63) is 24.5 Å². The summed E-state index contributed by atoms with van der Waals surface area (Å²) in [4.78, 5) is 15.7. The number of β-amino-alcohol motifs (C(OH)–C–C–N with tert-alkyl or cyclic N) is 1. The first-order chi connectivity index (χ1) is 12.0. The lowest BCUT2D eigenvalue weighted by molar-refractivity contribution is -0.0594. The molecule has 1 aliphatic heterocycles. The molecule has 134 valence electrons. The fourth-order valence-corrected chi connectivity index (χ4v) is 3.91. The number of aromatic nitrogens is 2. The molecule has 1 aliphatic carbocycles. The van der Waals surface area contributed by atoms with Crippen LogP contribution in [0.25, 0.3) is 10.9 Å². The van der Waals surface area contributed by atoms with E-state index in [1.807, 2.05) is 19.0 Å². The first kappa shape index (κ1) is 16.5. The number of fused-ring (bicyclic) bond motifs is 1. The molecule has 0 radical (unpaired) electrons. The largest absolute Gasteiger partial charge is 0.389 e. The highest BCUT2D eigenvalue weighted by Crippen LogP contribution is 2.33. The molecular weight excluding hydrogens is 314 g/mol. The average Bonchev–Trinajstić information content (AvgIpc) is 2.60. The van der Waals surface area contributed by atoms with Crippen LogP contribution in [0.5, 0.6) is 0 Å². The van der Waals surface area contributed by atoms with Gasteiger partial charge in [0, 0.05) is 57.9 Å². The molecule has 6 nitrogen and oxygen atoms in total. The van der Waals surface area contributed by atoms with Crippen LogP contribution in [-0.4, -0.2) is 72.4 Å². The van der Waals surface area contributed by atoms with Gasteiger partial charge in [0.2, 0.25) is 0 Å². The maximum absolute atomic E-state index is 10.4. The predicted molar refractivity (Wildman–Crippen MR) is 101 cm³/mol. The molecule has 2 aliphatic rings. The summed E-state index contributed by atoms with van der Waals surface area (Å²) in [5.74, 6) is 0.956. The van der Waals surface area contributed by atoms with Gasteiger partial charge in [-0.05, 0) is 37.5 Å².